The lowest BCUT2D eigenvalue weighted by Crippen LogP contribution is -1.98. The zero-order valence-electron chi connectivity index (χ0n) is 10.7. The zero-order valence-corrected chi connectivity index (χ0v) is 13.1. The molecule has 0 aliphatic carbocycles. The van der Waals surface area contributed by atoms with E-state index < -0.39 is 4.92 Å². The summed E-state index contributed by atoms with van der Waals surface area (Å²) < 4.78 is 1.29. The molecule has 0 aliphatic heterocycles. The normalized spacial score (nSPS) is 10.5. The van der Waals surface area contributed by atoms with Gasteiger partial charge in [-0.15, -0.1) is 0 Å². The van der Waals surface area contributed by atoms with Crippen LogP contribution in [0.15, 0.2) is 28.7 Å². The van der Waals surface area contributed by atoms with Gasteiger partial charge < -0.3 is 4.98 Å². The van der Waals surface area contributed by atoms with Gasteiger partial charge in [0.15, 0.2) is 0 Å². The van der Waals surface area contributed by atoms with Crippen molar-refractivity contribution < 1.29 is 4.92 Å². The number of nitro benzene ring substituents is 1. The molecule has 2 rings (SSSR count). The van der Waals surface area contributed by atoms with Crippen LogP contribution in [0.3, 0.4) is 0 Å². The molecule has 1 N–H and O–H groups in total. The number of nitro groups is 1. The van der Waals surface area contributed by atoms with Gasteiger partial charge in [-0.1, -0.05) is 25.6 Å². The molecule has 7 heteroatoms. The molecule has 1 aromatic heterocycles. The Morgan fingerprint density at radius 2 is 2.05 bits per heavy atom. The van der Waals surface area contributed by atoms with Crippen molar-refractivity contribution in [2.45, 2.75) is 19.8 Å². The molecule has 0 atom stereocenters. The highest BCUT2D eigenvalue weighted by molar-refractivity contribution is 9.10. The number of aromatic amines is 1. The number of rotatable bonds is 4. The maximum absolute atomic E-state index is 10.6. The maximum Gasteiger partial charge on any atom is 0.269 e. The van der Waals surface area contributed by atoms with Crippen LogP contribution in [0.4, 0.5) is 5.69 Å². The first kappa shape index (κ1) is 14.8. The summed E-state index contributed by atoms with van der Waals surface area (Å²) in [6.45, 7) is 2.08. The van der Waals surface area contributed by atoms with Crippen LogP contribution in [-0.2, 0) is 6.42 Å². The molecule has 0 radical (unpaired) electrons. The van der Waals surface area contributed by atoms with Gasteiger partial charge in [0.05, 0.1) is 9.40 Å². The van der Waals surface area contributed by atoms with E-state index in [0.717, 1.165) is 28.6 Å². The number of aromatic nitrogens is 2. The first-order valence-electron chi connectivity index (χ1n) is 6.06. The molecule has 1 heterocycles. The lowest BCUT2D eigenvalue weighted by atomic mass is 10.2. The molecule has 20 heavy (non-hydrogen) atoms. The Labute approximate surface area is 129 Å². The van der Waals surface area contributed by atoms with Gasteiger partial charge in [0.2, 0.25) is 0 Å². The number of nitrogens with one attached hydrogen (secondary N) is 1. The second-order valence-electron chi connectivity index (χ2n) is 4.24. The van der Waals surface area contributed by atoms with E-state index in [4.69, 9.17) is 12.2 Å². The maximum atomic E-state index is 10.6. The van der Waals surface area contributed by atoms with Crippen molar-refractivity contribution in [2.24, 2.45) is 0 Å². The number of benzene rings is 1. The molecule has 1 aromatic carbocycles. The smallest absolute Gasteiger partial charge is 0.269 e. The Morgan fingerprint density at radius 1 is 1.40 bits per heavy atom. The Balaban J connectivity index is 2.47. The first-order chi connectivity index (χ1) is 9.52. The third kappa shape index (κ3) is 3.10. The fourth-order valence-corrected chi connectivity index (χ4v) is 2.41. The van der Waals surface area contributed by atoms with Gasteiger partial charge in [0.1, 0.15) is 10.5 Å². The highest BCUT2D eigenvalue weighted by Crippen LogP contribution is 2.23. The fraction of sp³-hybridized carbons (Fsp3) is 0.231. The van der Waals surface area contributed by atoms with E-state index >= 15 is 0 Å². The fourth-order valence-electron chi connectivity index (χ4n) is 1.81. The Hall–Kier alpha value is -1.60. The molecular weight excluding hydrogens is 342 g/mol. The van der Waals surface area contributed by atoms with Crippen molar-refractivity contribution in [1.82, 2.24) is 9.97 Å². The van der Waals surface area contributed by atoms with Crippen LogP contribution < -0.4 is 0 Å². The van der Waals surface area contributed by atoms with Gasteiger partial charge in [-0.25, -0.2) is 4.98 Å². The van der Waals surface area contributed by atoms with Crippen molar-refractivity contribution in [3.05, 3.63) is 49.2 Å². The Bertz CT molecular complexity index is 698. The molecule has 0 unspecified atom stereocenters. The number of non-ortho nitro benzene ring substituents is 1. The van der Waals surface area contributed by atoms with Crippen LogP contribution in [0, 0.1) is 14.8 Å². The summed E-state index contributed by atoms with van der Waals surface area (Å²) in [5.74, 6) is 0.622. The largest absolute Gasteiger partial charge is 0.342 e. The van der Waals surface area contributed by atoms with E-state index in [1.54, 1.807) is 12.1 Å². The Morgan fingerprint density at radius 3 is 2.60 bits per heavy atom. The van der Waals surface area contributed by atoms with Crippen molar-refractivity contribution in [1.29, 1.82) is 0 Å². The first-order valence-corrected chi connectivity index (χ1v) is 7.26. The minimum atomic E-state index is -0.427. The van der Waals surface area contributed by atoms with Gasteiger partial charge in [0, 0.05) is 23.4 Å². The summed E-state index contributed by atoms with van der Waals surface area (Å²) >= 11 is 8.65. The molecule has 0 saturated carbocycles. The third-order valence-electron chi connectivity index (χ3n) is 2.79. The number of hydrogen-bond donors (Lipinski definition) is 1. The number of aryl methyl sites for hydroxylation is 1. The number of hydrogen-bond acceptors (Lipinski definition) is 4. The highest BCUT2D eigenvalue weighted by atomic mass is 79.9. The predicted molar refractivity (Wildman–Crippen MR) is 83.2 cm³/mol. The standard InChI is InChI=1S/C13H12BrN3O2S/c1-2-3-10-11(14)13(20)16-12(15-10)8-4-6-9(7-5-8)17(18)19/h4-7H,2-3H2,1H3,(H,15,16,20). The van der Waals surface area contributed by atoms with Crippen LogP contribution >= 0.6 is 28.1 Å². The van der Waals surface area contributed by atoms with Gasteiger partial charge in [-0.3, -0.25) is 10.1 Å². The van der Waals surface area contributed by atoms with Crippen LogP contribution in [0.2, 0.25) is 0 Å². The van der Waals surface area contributed by atoms with Crippen LogP contribution in [-0.4, -0.2) is 14.9 Å². The number of nitrogens with zero attached hydrogens (tertiary/aromatic N) is 2. The lowest BCUT2D eigenvalue weighted by molar-refractivity contribution is -0.384. The van der Waals surface area contributed by atoms with Crippen LogP contribution in [0.5, 0.6) is 0 Å². The molecule has 0 aliphatic rings. The predicted octanol–water partition coefficient (Wildman–Crippen LogP) is 4.43. The van der Waals surface area contributed by atoms with Crippen molar-refractivity contribution in [2.75, 3.05) is 0 Å². The molecule has 5 nitrogen and oxygen atoms in total. The molecule has 0 amide bonds. The van der Waals surface area contributed by atoms with Crippen LogP contribution in [0.25, 0.3) is 11.4 Å². The Kier molecular flexibility index (Phi) is 4.61. The summed E-state index contributed by atoms with van der Waals surface area (Å²) in [5, 5.41) is 10.6. The minimum absolute atomic E-state index is 0.0539. The van der Waals surface area contributed by atoms with E-state index in [9.17, 15) is 10.1 Å². The molecule has 2 aromatic rings. The van der Waals surface area contributed by atoms with E-state index in [1.807, 2.05) is 0 Å². The van der Waals surface area contributed by atoms with Crippen molar-refractivity contribution in [3.8, 4) is 11.4 Å². The number of halogens is 1. The quantitative estimate of drug-likeness (QED) is 0.501. The second kappa shape index (κ2) is 6.23. The summed E-state index contributed by atoms with van der Waals surface area (Å²) in [4.78, 5) is 17.7. The topological polar surface area (TPSA) is 71.8 Å². The number of H-pyrrole nitrogens is 1. The summed E-state index contributed by atoms with van der Waals surface area (Å²) in [6, 6.07) is 6.23. The molecule has 104 valence electrons. The van der Waals surface area contributed by atoms with Crippen molar-refractivity contribution >= 4 is 33.8 Å². The average Bonchev–Trinajstić information content (AvgIpc) is 2.44. The molecule has 0 saturated heterocycles. The average molecular weight is 354 g/mol. The molecule has 0 spiro atoms. The molecular formula is C13H12BrN3O2S. The van der Waals surface area contributed by atoms with Gasteiger partial charge in [0.25, 0.3) is 5.69 Å². The van der Waals surface area contributed by atoms with E-state index in [-0.39, 0.29) is 5.69 Å². The van der Waals surface area contributed by atoms with E-state index in [2.05, 4.69) is 32.8 Å². The SMILES string of the molecule is CCCc1[nH]c(-c2ccc([N+](=O)[O-])cc2)nc(=S)c1Br. The molecule has 0 bridgehead atoms. The van der Waals surface area contributed by atoms with E-state index in [1.165, 1.54) is 12.1 Å². The van der Waals surface area contributed by atoms with E-state index in [0.29, 0.717) is 10.5 Å². The summed E-state index contributed by atoms with van der Waals surface area (Å²) in [6.07, 6.45) is 1.83. The zero-order chi connectivity index (χ0) is 14.7. The van der Waals surface area contributed by atoms with Gasteiger partial charge >= 0.3 is 0 Å². The third-order valence-corrected chi connectivity index (χ3v) is 4.20. The van der Waals surface area contributed by atoms with Gasteiger partial charge in [-0.2, -0.15) is 0 Å². The second-order valence-corrected chi connectivity index (χ2v) is 5.42. The van der Waals surface area contributed by atoms with Gasteiger partial charge in [-0.05, 0) is 34.5 Å². The summed E-state index contributed by atoms with van der Waals surface area (Å²) in [7, 11) is 0. The summed E-state index contributed by atoms with van der Waals surface area (Å²) in [5.41, 5.74) is 1.81. The van der Waals surface area contributed by atoms with Crippen LogP contribution in [0.1, 0.15) is 19.0 Å². The highest BCUT2D eigenvalue weighted by Gasteiger charge is 2.09. The monoisotopic (exact) mass is 353 g/mol. The lowest BCUT2D eigenvalue weighted by Gasteiger charge is -2.07. The minimum Gasteiger partial charge on any atom is -0.342 e. The van der Waals surface area contributed by atoms with Crippen molar-refractivity contribution in [3.63, 3.8) is 0 Å². The molecule has 0 fully saturated rings.